The van der Waals surface area contributed by atoms with Crippen LogP contribution in [0.15, 0.2) is 40.0 Å². The molecule has 0 spiro atoms. The van der Waals surface area contributed by atoms with E-state index in [9.17, 15) is 17.6 Å². The Morgan fingerprint density at radius 3 is 2.16 bits per heavy atom. The maximum atomic E-state index is 13.4. The van der Waals surface area contributed by atoms with Crippen molar-refractivity contribution >= 4 is 26.7 Å². The minimum absolute atomic E-state index is 0.0205. The fraction of sp³-hybridized carbons (Fsp3) is 0.235. The lowest BCUT2D eigenvalue weighted by Gasteiger charge is -2.12. The van der Waals surface area contributed by atoms with Gasteiger partial charge in [0.15, 0.2) is 0 Å². The van der Waals surface area contributed by atoms with Crippen molar-refractivity contribution in [3.05, 3.63) is 57.8 Å². The number of benzene rings is 2. The van der Waals surface area contributed by atoms with E-state index >= 15 is 0 Å². The predicted octanol–water partition coefficient (Wildman–Crippen LogP) is 2.43. The first-order chi connectivity index (χ1) is 11.6. The van der Waals surface area contributed by atoms with Crippen molar-refractivity contribution in [2.75, 3.05) is 4.72 Å². The van der Waals surface area contributed by atoms with Crippen LogP contribution in [-0.2, 0) is 24.1 Å². The largest absolute Gasteiger partial charge is 0.328 e. The predicted molar refractivity (Wildman–Crippen MR) is 94.8 cm³/mol. The molecule has 0 unspecified atom stereocenters. The molecule has 1 aromatic heterocycles. The van der Waals surface area contributed by atoms with Crippen molar-refractivity contribution in [3.63, 3.8) is 0 Å². The Hall–Kier alpha value is -2.61. The smallest absolute Gasteiger partial charge is 0.295 e. The summed E-state index contributed by atoms with van der Waals surface area (Å²) in [6, 6.07) is 7.01. The van der Waals surface area contributed by atoms with Crippen LogP contribution >= 0.6 is 0 Å². The number of nitrogens with zero attached hydrogens (tertiary/aromatic N) is 2. The van der Waals surface area contributed by atoms with E-state index in [1.165, 1.54) is 28.2 Å². The molecule has 0 bridgehead atoms. The fourth-order valence-electron chi connectivity index (χ4n) is 2.75. The van der Waals surface area contributed by atoms with E-state index in [0.29, 0.717) is 22.3 Å². The van der Waals surface area contributed by atoms with Crippen molar-refractivity contribution in [2.45, 2.75) is 18.7 Å². The number of anilines is 1. The van der Waals surface area contributed by atoms with Crippen LogP contribution in [0.2, 0.25) is 0 Å². The van der Waals surface area contributed by atoms with Gasteiger partial charge in [-0.25, -0.2) is 17.6 Å². The van der Waals surface area contributed by atoms with Gasteiger partial charge in [-0.3, -0.25) is 13.9 Å². The Morgan fingerprint density at radius 1 is 0.960 bits per heavy atom. The average molecular weight is 363 g/mol. The van der Waals surface area contributed by atoms with E-state index in [2.05, 4.69) is 4.72 Å². The van der Waals surface area contributed by atoms with Gasteiger partial charge in [-0.1, -0.05) is 0 Å². The molecule has 0 saturated heterocycles. The average Bonchev–Trinajstić information content (AvgIpc) is 2.75. The molecule has 3 aromatic rings. The van der Waals surface area contributed by atoms with Crippen LogP contribution in [0.3, 0.4) is 0 Å². The number of hydrogen-bond acceptors (Lipinski definition) is 3. The van der Waals surface area contributed by atoms with Gasteiger partial charge in [0.05, 0.1) is 21.6 Å². The molecule has 0 aliphatic rings. The lowest BCUT2D eigenvalue weighted by molar-refractivity contribution is 0.598. The minimum Gasteiger partial charge on any atom is -0.295 e. The molecule has 132 valence electrons. The van der Waals surface area contributed by atoms with Crippen LogP contribution in [0, 0.1) is 19.7 Å². The summed E-state index contributed by atoms with van der Waals surface area (Å²) in [5.74, 6) is -0.462. The molecule has 3 rings (SSSR count). The molecule has 1 heterocycles. The van der Waals surface area contributed by atoms with Gasteiger partial charge in [0.25, 0.3) is 10.0 Å². The lowest BCUT2D eigenvalue weighted by atomic mass is 10.2. The van der Waals surface area contributed by atoms with Gasteiger partial charge in [0, 0.05) is 14.1 Å². The summed E-state index contributed by atoms with van der Waals surface area (Å²) in [4.78, 5) is 12.0. The van der Waals surface area contributed by atoms with Crippen LogP contribution in [0.1, 0.15) is 11.1 Å². The second-order valence-electron chi connectivity index (χ2n) is 6.07. The van der Waals surface area contributed by atoms with Gasteiger partial charge in [0.2, 0.25) is 0 Å². The summed E-state index contributed by atoms with van der Waals surface area (Å²) in [5.41, 5.74) is 2.44. The molecule has 0 radical (unpaired) electrons. The van der Waals surface area contributed by atoms with E-state index < -0.39 is 15.8 Å². The highest BCUT2D eigenvalue weighted by Crippen LogP contribution is 2.25. The topological polar surface area (TPSA) is 73.1 Å². The van der Waals surface area contributed by atoms with Gasteiger partial charge >= 0.3 is 5.69 Å². The van der Waals surface area contributed by atoms with Gasteiger partial charge < -0.3 is 0 Å². The molecule has 1 N–H and O–H groups in total. The summed E-state index contributed by atoms with van der Waals surface area (Å²) in [6.07, 6.45) is 0. The zero-order valence-electron chi connectivity index (χ0n) is 14.3. The summed E-state index contributed by atoms with van der Waals surface area (Å²) < 4.78 is 44.1. The van der Waals surface area contributed by atoms with Crippen molar-refractivity contribution < 1.29 is 12.8 Å². The normalized spacial score (nSPS) is 11.9. The Labute approximate surface area is 144 Å². The Bertz CT molecular complexity index is 1160. The van der Waals surface area contributed by atoms with Crippen molar-refractivity contribution in [1.82, 2.24) is 9.13 Å². The first kappa shape index (κ1) is 17.2. The van der Waals surface area contributed by atoms with Crippen LogP contribution in [-0.4, -0.2) is 17.6 Å². The second kappa shape index (κ2) is 5.73. The highest BCUT2D eigenvalue weighted by atomic mass is 32.2. The van der Waals surface area contributed by atoms with Crippen molar-refractivity contribution in [2.24, 2.45) is 14.1 Å². The Morgan fingerprint density at radius 2 is 1.56 bits per heavy atom. The highest BCUT2D eigenvalue weighted by molar-refractivity contribution is 7.92. The molecule has 6 nitrogen and oxygen atoms in total. The molecular weight excluding hydrogens is 345 g/mol. The third kappa shape index (κ3) is 2.82. The number of nitrogens with one attached hydrogen (secondary N) is 1. The number of rotatable bonds is 3. The number of hydrogen-bond donors (Lipinski definition) is 1. The lowest BCUT2D eigenvalue weighted by Crippen LogP contribution is -2.19. The van der Waals surface area contributed by atoms with Gasteiger partial charge in [0.1, 0.15) is 5.82 Å². The molecule has 0 aliphatic carbocycles. The minimum atomic E-state index is -3.87. The van der Waals surface area contributed by atoms with Gasteiger partial charge in [-0.05, 0) is 55.3 Å². The molecule has 25 heavy (non-hydrogen) atoms. The quantitative estimate of drug-likeness (QED) is 0.777. The molecule has 0 saturated carbocycles. The summed E-state index contributed by atoms with van der Waals surface area (Å²) in [5, 5.41) is 0. The van der Waals surface area contributed by atoms with Crippen LogP contribution < -0.4 is 10.4 Å². The summed E-state index contributed by atoms with van der Waals surface area (Å²) in [7, 11) is -0.582. The molecular formula is C17H18FN3O3S. The van der Waals surface area contributed by atoms with Gasteiger partial charge in [-0.15, -0.1) is 0 Å². The van der Waals surface area contributed by atoms with Crippen molar-refractivity contribution in [3.8, 4) is 0 Å². The third-order valence-electron chi connectivity index (χ3n) is 4.30. The zero-order chi connectivity index (χ0) is 18.5. The Kier molecular flexibility index (Phi) is 3.95. The first-order valence-corrected chi connectivity index (χ1v) is 9.05. The standard InChI is InChI=1S/C17H18FN3O3S/c1-10-7-12(5-6-13(10)18)25(23,24)19-14-9-16-15(8-11(14)2)20(3)17(22)21(16)4/h5-9,19H,1-4H3. The summed E-state index contributed by atoms with van der Waals surface area (Å²) in [6.45, 7) is 3.26. The van der Waals surface area contributed by atoms with E-state index in [4.69, 9.17) is 0 Å². The summed E-state index contributed by atoms with van der Waals surface area (Å²) >= 11 is 0. The zero-order valence-corrected chi connectivity index (χ0v) is 15.1. The number of aromatic nitrogens is 2. The number of halogens is 1. The number of fused-ring (bicyclic) bond motifs is 1. The molecule has 0 atom stereocenters. The maximum Gasteiger partial charge on any atom is 0.328 e. The fourth-order valence-corrected chi connectivity index (χ4v) is 3.95. The maximum absolute atomic E-state index is 13.4. The number of aryl methyl sites for hydroxylation is 4. The Balaban J connectivity index is 2.10. The van der Waals surface area contributed by atoms with E-state index in [1.54, 1.807) is 33.2 Å². The third-order valence-corrected chi connectivity index (χ3v) is 5.67. The van der Waals surface area contributed by atoms with Crippen LogP contribution in [0.4, 0.5) is 10.1 Å². The van der Waals surface area contributed by atoms with Crippen LogP contribution in [0.5, 0.6) is 0 Å². The molecule has 0 amide bonds. The molecule has 0 fully saturated rings. The van der Waals surface area contributed by atoms with E-state index in [0.717, 1.165) is 6.07 Å². The highest BCUT2D eigenvalue weighted by Gasteiger charge is 2.18. The molecule has 8 heteroatoms. The monoisotopic (exact) mass is 363 g/mol. The SMILES string of the molecule is Cc1cc(S(=O)(=O)Nc2cc3c(cc2C)n(C)c(=O)n3C)ccc1F. The first-order valence-electron chi connectivity index (χ1n) is 7.57. The number of sulfonamides is 1. The molecule has 0 aliphatic heterocycles. The van der Waals surface area contributed by atoms with E-state index in [1.807, 2.05) is 0 Å². The van der Waals surface area contributed by atoms with E-state index in [-0.39, 0.29) is 16.1 Å². The van der Waals surface area contributed by atoms with Crippen LogP contribution in [0.25, 0.3) is 11.0 Å². The number of imidazole rings is 1. The van der Waals surface area contributed by atoms with Crippen molar-refractivity contribution in [1.29, 1.82) is 0 Å². The second-order valence-corrected chi connectivity index (χ2v) is 7.76. The van der Waals surface area contributed by atoms with Gasteiger partial charge in [-0.2, -0.15) is 0 Å². The molecule has 2 aromatic carbocycles.